The van der Waals surface area contributed by atoms with Crippen molar-refractivity contribution in [2.24, 2.45) is 0 Å². The molecule has 0 atom stereocenters. The SMILES string of the molecule is COC(=O)c1c(COC(=O)c2ccc(CNC(C)=O)cc2)nc2ccccc2c1-c1ccccc1. The van der Waals surface area contributed by atoms with E-state index < -0.39 is 11.9 Å². The summed E-state index contributed by atoms with van der Waals surface area (Å²) in [5.41, 5.74) is 3.95. The van der Waals surface area contributed by atoms with E-state index >= 15 is 0 Å². The molecule has 0 saturated carbocycles. The van der Waals surface area contributed by atoms with Crippen molar-refractivity contribution in [3.63, 3.8) is 0 Å². The molecule has 1 aromatic heterocycles. The summed E-state index contributed by atoms with van der Waals surface area (Å²) in [5.74, 6) is -1.24. The largest absolute Gasteiger partial charge is 0.465 e. The van der Waals surface area contributed by atoms with Crippen LogP contribution in [0, 0.1) is 0 Å². The van der Waals surface area contributed by atoms with Crippen LogP contribution in [0.1, 0.15) is 38.9 Å². The number of carbonyl (C=O) groups excluding carboxylic acids is 3. The monoisotopic (exact) mass is 468 g/mol. The van der Waals surface area contributed by atoms with Crippen LogP contribution in [0.25, 0.3) is 22.0 Å². The van der Waals surface area contributed by atoms with Gasteiger partial charge in [0.15, 0.2) is 0 Å². The quantitative estimate of drug-likeness (QED) is 0.396. The molecule has 0 aliphatic heterocycles. The van der Waals surface area contributed by atoms with Gasteiger partial charge in [-0.1, -0.05) is 60.7 Å². The highest BCUT2D eigenvalue weighted by molar-refractivity contribution is 6.07. The standard InChI is InChI=1S/C28H24N2O5/c1-18(31)29-16-19-12-14-21(15-13-19)27(32)35-17-24-26(28(33)34-2)25(20-8-4-3-5-9-20)22-10-6-7-11-23(22)30-24/h3-15H,16-17H2,1-2H3,(H,29,31). The second-order valence-corrected chi connectivity index (χ2v) is 7.87. The molecule has 4 rings (SSSR count). The van der Waals surface area contributed by atoms with Gasteiger partial charge in [-0.25, -0.2) is 14.6 Å². The number of pyridine rings is 1. The molecule has 0 unspecified atom stereocenters. The number of methoxy groups -OCH3 is 1. The Bertz CT molecular complexity index is 1380. The van der Waals surface area contributed by atoms with E-state index in [-0.39, 0.29) is 18.1 Å². The van der Waals surface area contributed by atoms with Crippen LogP contribution in [0.2, 0.25) is 0 Å². The van der Waals surface area contributed by atoms with E-state index in [1.807, 2.05) is 54.6 Å². The Labute approximate surface area is 202 Å². The zero-order valence-corrected chi connectivity index (χ0v) is 19.4. The van der Waals surface area contributed by atoms with Crippen LogP contribution in [0.3, 0.4) is 0 Å². The van der Waals surface area contributed by atoms with Gasteiger partial charge in [0.25, 0.3) is 0 Å². The van der Waals surface area contributed by atoms with Gasteiger partial charge < -0.3 is 14.8 Å². The third-order valence-corrected chi connectivity index (χ3v) is 5.49. The van der Waals surface area contributed by atoms with Gasteiger partial charge in [0.2, 0.25) is 5.91 Å². The molecular weight excluding hydrogens is 444 g/mol. The summed E-state index contributed by atoms with van der Waals surface area (Å²) >= 11 is 0. The van der Waals surface area contributed by atoms with Crippen LogP contribution in [-0.4, -0.2) is 29.9 Å². The Balaban J connectivity index is 1.67. The molecule has 0 fully saturated rings. The summed E-state index contributed by atoms with van der Waals surface area (Å²) in [4.78, 5) is 41.3. The summed E-state index contributed by atoms with van der Waals surface area (Å²) in [6, 6.07) is 23.7. The maximum absolute atomic E-state index is 12.9. The molecule has 1 N–H and O–H groups in total. The highest BCUT2D eigenvalue weighted by Crippen LogP contribution is 2.34. The van der Waals surface area contributed by atoms with Crippen LogP contribution in [0.5, 0.6) is 0 Å². The first-order valence-electron chi connectivity index (χ1n) is 11.0. The van der Waals surface area contributed by atoms with Gasteiger partial charge >= 0.3 is 11.9 Å². The number of nitrogens with zero attached hydrogens (tertiary/aromatic N) is 1. The highest BCUT2D eigenvalue weighted by Gasteiger charge is 2.24. The molecule has 0 bridgehead atoms. The molecule has 0 saturated heterocycles. The Hall–Kier alpha value is -4.52. The molecule has 176 valence electrons. The van der Waals surface area contributed by atoms with Gasteiger partial charge in [-0.3, -0.25) is 4.79 Å². The van der Waals surface area contributed by atoms with Gasteiger partial charge in [0.05, 0.1) is 29.4 Å². The summed E-state index contributed by atoms with van der Waals surface area (Å²) in [6.07, 6.45) is 0. The van der Waals surface area contributed by atoms with Crippen molar-refractivity contribution in [3.8, 4) is 11.1 Å². The maximum atomic E-state index is 12.9. The number of hydrogen-bond donors (Lipinski definition) is 1. The average molecular weight is 469 g/mol. The lowest BCUT2D eigenvalue weighted by Crippen LogP contribution is -2.18. The van der Waals surface area contributed by atoms with Crippen molar-refractivity contribution < 1.29 is 23.9 Å². The highest BCUT2D eigenvalue weighted by atomic mass is 16.5. The number of ether oxygens (including phenoxy) is 2. The third kappa shape index (κ3) is 5.35. The van der Waals surface area contributed by atoms with Gasteiger partial charge in [-0.2, -0.15) is 0 Å². The normalized spacial score (nSPS) is 10.6. The van der Waals surface area contributed by atoms with E-state index in [2.05, 4.69) is 10.3 Å². The molecule has 0 spiro atoms. The fourth-order valence-corrected chi connectivity index (χ4v) is 3.80. The van der Waals surface area contributed by atoms with Gasteiger partial charge in [-0.15, -0.1) is 0 Å². The van der Waals surface area contributed by atoms with Gasteiger partial charge in [0, 0.05) is 24.4 Å². The molecule has 0 aliphatic rings. The summed E-state index contributed by atoms with van der Waals surface area (Å²) < 4.78 is 10.6. The number of benzene rings is 3. The molecule has 3 aromatic carbocycles. The fourth-order valence-electron chi connectivity index (χ4n) is 3.80. The lowest BCUT2D eigenvalue weighted by atomic mass is 9.94. The first kappa shape index (κ1) is 23.6. The second-order valence-electron chi connectivity index (χ2n) is 7.87. The van der Waals surface area contributed by atoms with Crippen molar-refractivity contribution in [1.29, 1.82) is 0 Å². The van der Waals surface area contributed by atoms with Crippen molar-refractivity contribution in [2.75, 3.05) is 7.11 Å². The Morgan fingerprint density at radius 1 is 0.857 bits per heavy atom. The zero-order chi connectivity index (χ0) is 24.8. The van der Waals surface area contributed by atoms with Crippen LogP contribution in [-0.2, 0) is 27.4 Å². The number of para-hydroxylation sites is 1. The molecule has 0 radical (unpaired) electrons. The minimum absolute atomic E-state index is 0.132. The molecule has 1 heterocycles. The number of amides is 1. The predicted molar refractivity (Wildman–Crippen MR) is 132 cm³/mol. The van der Waals surface area contributed by atoms with E-state index in [0.29, 0.717) is 28.9 Å². The minimum Gasteiger partial charge on any atom is -0.465 e. The van der Waals surface area contributed by atoms with Crippen molar-refractivity contribution in [2.45, 2.75) is 20.1 Å². The Kier molecular flexibility index (Phi) is 7.16. The summed E-state index contributed by atoms with van der Waals surface area (Å²) in [5, 5.41) is 3.50. The Morgan fingerprint density at radius 2 is 1.54 bits per heavy atom. The number of rotatable bonds is 7. The molecule has 1 amide bonds. The molecule has 35 heavy (non-hydrogen) atoms. The first-order valence-corrected chi connectivity index (χ1v) is 11.0. The van der Waals surface area contributed by atoms with Crippen LogP contribution >= 0.6 is 0 Å². The molecular formula is C28H24N2O5. The molecule has 0 aliphatic carbocycles. The fraction of sp³-hybridized carbons (Fsp3) is 0.143. The number of fused-ring (bicyclic) bond motifs is 1. The third-order valence-electron chi connectivity index (χ3n) is 5.49. The average Bonchev–Trinajstić information content (AvgIpc) is 2.90. The van der Waals surface area contributed by atoms with Crippen LogP contribution < -0.4 is 5.32 Å². The van der Waals surface area contributed by atoms with E-state index in [9.17, 15) is 14.4 Å². The van der Waals surface area contributed by atoms with E-state index in [0.717, 1.165) is 16.5 Å². The lowest BCUT2D eigenvalue weighted by Gasteiger charge is -2.16. The number of aromatic nitrogens is 1. The van der Waals surface area contributed by atoms with Crippen molar-refractivity contribution in [1.82, 2.24) is 10.3 Å². The molecule has 7 nitrogen and oxygen atoms in total. The second kappa shape index (κ2) is 10.6. The number of esters is 2. The predicted octanol–water partition coefficient (Wildman–Crippen LogP) is 4.68. The van der Waals surface area contributed by atoms with Gasteiger partial charge in [0.1, 0.15) is 6.61 Å². The van der Waals surface area contributed by atoms with E-state index in [4.69, 9.17) is 9.47 Å². The van der Waals surface area contributed by atoms with Crippen LogP contribution in [0.15, 0.2) is 78.9 Å². The minimum atomic E-state index is -0.560. The van der Waals surface area contributed by atoms with Crippen molar-refractivity contribution in [3.05, 3.63) is 101 Å². The summed E-state index contributed by atoms with van der Waals surface area (Å²) in [6.45, 7) is 1.61. The van der Waals surface area contributed by atoms with Crippen molar-refractivity contribution >= 4 is 28.7 Å². The molecule has 4 aromatic rings. The number of nitrogens with one attached hydrogen (secondary N) is 1. The smallest absolute Gasteiger partial charge is 0.340 e. The maximum Gasteiger partial charge on any atom is 0.340 e. The number of carbonyl (C=O) groups is 3. The first-order chi connectivity index (χ1) is 17.0. The summed E-state index contributed by atoms with van der Waals surface area (Å²) in [7, 11) is 1.31. The van der Waals surface area contributed by atoms with E-state index in [1.54, 1.807) is 24.3 Å². The number of hydrogen-bond acceptors (Lipinski definition) is 6. The Morgan fingerprint density at radius 3 is 2.23 bits per heavy atom. The van der Waals surface area contributed by atoms with Gasteiger partial charge in [-0.05, 0) is 29.3 Å². The molecule has 7 heteroatoms. The van der Waals surface area contributed by atoms with Crippen LogP contribution in [0.4, 0.5) is 0 Å². The lowest BCUT2D eigenvalue weighted by molar-refractivity contribution is -0.119. The van der Waals surface area contributed by atoms with E-state index in [1.165, 1.54) is 14.0 Å². The zero-order valence-electron chi connectivity index (χ0n) is 19.4. The topological polar surface area (TPSA) is 94.6 Å².